The lowest BCUT2D eigenvalue weighted by Gasteiger charge is -2.34. The molecule has 3 rings (SSSR count). The van der Waals surface area contributed by atoms with Gasteiger partial charge in [0.15, 0.2) is 0 Å². The summed E-state index contributed by atoms with van der Waals surface area (Å²) in [6.07, 6.45) is 6.62. The Labute approximate surface area is 165 Å². The molecule has 150 valence electrons. The summed E-state index contributed by atoms with van der Waals surface area (Å²) >= 11 is 0. The highest BCUT2D eigenvalue weighted by Gasteiger charge is 2.29. The molecule has 1 aliphatic carbocycles. The minimum atomic E-state index is -0.0883. The van der Waals surface area contributed by atoms with E-state index in [2.05, 4.69) is 23.3 Å². The molecule has 0 spiro atoms. The van der Waals surface area contributed by atoms with Crippen molar-refractivity contribution in [2.24, 2.45) is 13.0 Å². The molecule has 0 aromatic carbocycles. The zero-order valence-corrected chi connectivity index (χ0v) is 16.9. The van der Waals surface area contributed by atoms with Gasteiger partial charge in [-0.15, -0.1) is 0 Å². The van der Waals surface area contributed by atoms with E-state index in [-0.39, 0.29) is 17.5 Å². The summed E-state index contributed by atoms with van der Waals surface area (Å²) in [6.45, 7) is 2.12. The molecule has 0 saturated heterocycles. The lowest BCUT2D eigenvalue weighted by atomic mass is 9.76. The molecular weight excluding hydrogens is 354 g/mol. The van der Waals surface area contributed by atoms with Crippen molar-refractivity contribution in [3.63, 3.8) is 0 Å². The molecule has 0 aliphatic heterocycles. The van der Waals surface area contributed by atoms with Crippen LogP contribution in [0.15, 0.2) is 41.3 Å². The van der Waals surface area contributed by atoms with Crippen molar-refractivity contribution in [1.82, 2.24) is 14.9 Å². The zero-order chi connectivity index (χ0) is 20.1. The summed E-state index contributed by atoms with van der Waals surface area (Å²) in [6, 6.07) is 9.09. The second kappa shape index (κ2) is 9.04. The number of hydrogen-bond donors (Lipinski definition) is 1. The van der Waals surface area contributed by atoms with Crippen LogP contribution in [-0.2, 0) is 7.05 Å². The monoisotopic (exact) mass is 383 g/mol. The number of amides is 1. The maximum atomic E-state index is 12.6. The third-order valence-electron chi connectivity index (χ3n) is 5.95. The highest BCUT2D eigenvalue weighted by atomic mass is 16.5. The number of rotatable bonds is 6. The van der Waals surface area contributed by atoms with E-state index < -0.39 is 0 Å². The number of pyridine rings is 2. The molecule has 6 heteroatoms. The molecule has 6 nitrogen and oxygen atoms in total. The van der Waals surface area contributed by atoms with Gasteiger partial charge in [0.05, 0.1) is 12.7 Å². The maximum Gasteiger partial charge on any atom is 0.253 e. The molecule has 0 bridgehead atoms. The Bertz CT molecular complexity index is 852. The van der Waals surface area contributed by atoms with Crippen LogP contribution in [-0.4, -0.2) is 28.6 Å². The van der Waals surface area contributed by atoms with Gasteiger partial charge in [-0.25, -0.2) is 4.98 Å². The molecule has 1 saturated carbocycles. The highest BCUT2D eigenvalue weighted by molar-refractivity contribution is 5.94. The maximum absolute atomic E-state index is 12.6. The molecule has 2 heterocycles. The van der Waals surface area contributed by atoms with Crippen LogP contribution in [0.1, 0.15) is 61.0 Å². The van der Waals surface area contributed by atoms with Gasteiger partial charge in [0.2, 0.25) is 11.4 Å². The molecule has 1 N–H and O–H groups in total. The van der Waals surface area contributed by atoms with Gasteiger partial charge in [-0.05, 0) is 56.1 Å². The third kappa shape index (κ3) is 4.43. The van der Waals surface area contributed by atoms with Crippen molar-refractivity contribution in [1.29, 1.82) is 0 Å². The van der Waals surface area contributed by atoms with Crippen molar-refractivity contribution >= 4 is 5.91 Å². The average molecular weight is 383 g/mol. The Balaban J connectivity index is 1.60. The minimum Gasteiger partial charge on any atom is -0.481 e. The Kier molecular flexibility index (Phi) is 6.49. The summed E-state index contributed by atoms with van der Waals surface area (Å²) in [5.41, 5.74) is 1.71. The Morgan fingerprint density at radius 1 is 1.25 bits per heavy atom. The van der Waals surface area contributed by atoms with E-state index in [1.54, 1.807) is 36.1 Å². The number of nitrogens with one attached hydrogen (secondary N) is 1. The van der Waals surface area contributed by atoms with Gasteiger partial charge in [-0.1, -0.05) is 13.0 Å². The number of carbonyl (C=O) groups is 1. The molecule has 0 radical (unpaired) electrons. The first-order valence-corrected chi connectivity index (χ1v) is 10.00. The van der Waals surface area contributed by atoms with Crippen molar-refractivity contribution in [2.75, 3.05) is 7.11 Å². The topological polar surface area (TPSA) is 73.2 Å². The standard InChI is InChI=1S/C22H29N3O3/c1-4-18(24-22(27)17-12-13-20(28-3)23-14-17)15-8-10-16(11-9-15)19-6-5-7-21(26)25(19)2/h5-7,12-16,18H,4,8-11H2,1-3H3,(H,24,27). The summed E-state index contributed by atoms with van der Waals surface area (Å²) in [5.74, 6) is 1.28. The average Bonchev–Trinajstić information content (AvgIpc) is 2.74. The zero-order valence-electron chi connectivity index (χ0n) is 16.9. The second-order valence-corrected chi connectivity index (χ2v) is 7.54. The van der Waals surface area contributed by atoms with Gasteiger partial charge in [-0.2, -0.15) is 0 Å². The van der Waals surface area contributed by atoms with E-state index in [0.717, 1.165) is 37.8 Å². The van der Waals surface area contributed by atoms with E-state index in [1.165, 1.54) is 0 Å². The summed E-state index contributed by atoms with van der Waals surface area (Å²) < 4.78 is 6.81. The van der Waals surface area contributed by atoms with Crippen LogP contribution in [0.2, 0.25) is 0 Å². The molecule has 28 heavy (non-hydrogen) atoms. The van der Waals surface area contributed by atoms with E-state index in [0.29, 0.717) is 23.3 Å². The van der Waals surface area contributed by atoms with E-state index in [4.69, 9.17) is 4.74 Å². The predicted molar refractivity (Wildman–Crippen MR) is 109 cm³/mol. The first-order chi connectivity index (χ1) is 13.5. The number of hydrogen-bond acceptors (Lipinski definition) is 4. The van der Waals surface area contributed by atoms with Crippen LogP contribution < -0.4 is 15.6 Å². The number of aromatic nitrogens is 2. The molecular formula is C22H29N3O3. The van der Waals surface area contributed by atoms with Crippen LogP contribution in [0.3, 0.4) is 0 Å². The molecule has 2 aromatic rings. The Morgan fingerprint density at radius 2 is 2.00 bits per heavy atom. The fourth-order valence-electron chi connectivity index (χ4n) is 4.25. The molecule has 2 aromatic heterocycles. The van der Waals surface area contributed by atoms with Crippen molar-refractivity contribution < 1.29 is 9.53 Å². The van der Waals surface area contributed by atoms with E-state index in [9.17, 15) is 9.59 Å². The first kappa shape index (κ1) is 20.1. The molecule has 1 amide bonds. The largest absolute Gasteiger partial charge is 0.481 e. The fraction of sp³-hybridized carbons (Fsp3) is 0.500. The molecule has 1 unspecified atom stereocenters. The fourth-order valence-corrected chi connectivity index (χ4v) is 4.25. The van der Waals surface area contributed by atoms with Crippen molar-refractivity contribution in [2.45, 2.75) is 51.0 Å². The quantitative estimate of drug-likeness (QED) is 0.831. The number of nitrogens with zero attached hydrogens (tertiary/aromatic N) is 2. The smallest absolute Gasteiger partial charge is 0.253 e. The van der Waals surface area contributed by atoms with Crippen LogP contribution in [0.4, 0.5) is 0 Å². The van der Waals surface area contributed by atoms with Crippen molar-refractivity contribution in [3.8, 4) is 5.88 Å². The van der Waals surface area contributed by atoms with Gasteiger partial charge < -0.3 is 14.6 Å². The lowest BCUT2D eigenvalue weighted by Crippen LogP contribution is -2.41. The SMILES string of the molecule is CCC(NC(=O)c1ccc(OC)nc1)C1CCC(c2cccc(=O)n2C)CC1. The van der Waals surface area contributed by atoms with Gasteiger partial charge in [0.25, 0.3) is 5.91 Å². The third-order valence-corrected chi connectivity index (χ3v) is 5.95. The Morgan fingerprint density at radius 3 is 2.61 bits per heavy atom. The number of carbonyl (C=O) groups excluding carboxylic acids is 1. The van der Waals surface area contributed by atoms with E-state index >= 15 is 0 Å². The van der Waals surface area contributed by atoms with Crippen LogP contribution in [0.5, 0.6) is 5.88 Å². The molecule has 1 fully saturated rings. The van der Waals surface area contributed by atoms with Gasteiger partial charge in [-0.3, -0.25) is 9.59 Å². The summed E-state index contributed by atoms with van der Waals surface area (Å²) in [5, 5.41) is 3.19. The lowest BCUT2D eigenvalue weighted by molar-refractivity contribution is 0.0908. The van der Waals surface area contributed by atoms with E-state index in [1.807, 2.05) is 13.1 Å². The summed E-state index contributed by atoms with van der Waals surface area (Å²) in [4.78, 5) is 28.6. The van der Waals surface area contributed by atoms with Crippen LogP contribution in [0, 0.1) is 5.92 Å². The normalized spacial score (nSPS) is 20.4. The van der Waals surface area contributed by atoms with Gasteiger partial charge >= 0.3 is 0 Å². The number of ether oxygens (including phenoxy) is 1. The highest BCUT2D eigenvalue weighted by Crippen LogP contribution is 2.37. The summed E-state index contributed by atoms with van der Waals surface area (Å²) in [7, 11) is 3.40. The molecule has 1 atom stereocenters. The number of methoxy groups -OCH3 is 1. The molecule has 1 aliphatic rings. The van der Waals surface area contributed by atoms with Gasteiger partial charge in [0, 0.05) is 37.1 Å². The van der Waals surface area contributed by atoms with Crippen LogP contribution >= 0.6 is 0 Å². The second-order valence-electron chi connectivity index (χ2n) is 7.54. The Hall–Kier alpha value is -2.63. The van der Waals surface area contributed by atoms with Gasteiger partial charge in [0.1, 0.15) is 0 Å². The minimum absolute atomic E-state index is 0.0476. The first-order valence-electron chi connectivity index (χ1n) is 10.00. The van der Waals surface area contributed by atoms with Crippen LogP contribution in [0.25, 0.3) is 0 Å². The van der Waals surface area contributed by atoms with Crippen molar-refractivity contribution in [3.05, 3.63) is 58.1 Å². The predicted octanol–water partition coefficient (Wildman–Crippen LogP) is 3.27.